The van der Waals surface area contributed by atoms with E-state index < -0.39 is 0 Å². The molecule has 0 aromatic carbocycles. The van der Waals surface area contributed by atoms with Crippen LogP contribution in [0, 0.1) is 5.92 Å². The first-order chi connectivity index (χ1) is 9.04. The second-order valence-corrected chi connectivity index (χ2v) is 6.12. The highest BCUT2D eigenvalue weighted by molar-refractivity contribution is 5.78. The summed E-state index contributed by atoms with van der Waals surface area (Å²) in [5.74, 6) is 0.871. The molecule has 0 bridgehead atoms. The summed E-state index contributed by atoms with van der Waals surface area (Å²) in [5, 5.41) is 12.5. The summed E-state index contributed by atoms with van der Waals surface area (Å²) in [6.07, 6.45) is 2.26. The number of hydrogen-bond donors (Lipinski definition) is 2. The van der Waals surface area contributed by atoms with Crippen LogP contribution in [0.3, 0.4) is 0 Å². The van der Waals surface area contributed by atoms with Crippen LogP contribution in [0.4, 0.5) is 0 Å². The summed E-state index contributed by atoms with van der Waals surface area (Å²) < 4.78 is 0. The van der Waals surface area contributed by atoms with E-state index in [2.05, 4.69) is 22.0 Å². The lowest BCUT2D eigenvalue weighted by Gasteiger charge is -2.35. The van der Waals surface area contributed by atoms with Crippen molar-refractivity contribution in [3.63, 3.8) is 0 Å². The van der Waals surface area contributed by atoms with Crippen molar-refractivity contribution < 1.29 is 9.90 Å². The van der Waals surface area contributed by atoms with Crippen molar-refractivity contribution in [3.8, 4) is 0 Å². The van der Waals surface area contributed by atoms with Crippen molar-refractivity contribution in [3.05, 3.63) is 0 Å². The van der Waals surface area contributed by atoms with Gasteiger partial charge in [-0.05, 0) is 32.6 Å². The average molecular weight is 269 g/mol. The molecule has 2 N–H and O–H groups in total. The number of piperazine rings is 1. The third-order valence-electron chi connectivity index (χ3n) is 4.07. The number of nitrogens with zero attached hydrogens (tertiary/aromatic N) is 2. The molecule has 0 aromatic heterocycles. The monoisotopic (exact) mass is 269 g/mol. The van der Waals surface area contributed by atoms with E-state index in [-0.39, 0.29) is 12.0 Å². The molecule has 5 heteroatoms. The minimum Gasteiger partial charge on any atom is -0.392 e. The van der Waals surface area contributed by atoms with Crippen LogP contribution in [0.5, 0.6) is 0 Å². The van der Waals surface area contributed by atoms with Crippen LogP contribution in [0.15, 0.2) is 0 Å². The number of β-amino-alcohol motifs (C(OH)–C–C–N with tert-alkyl or cyclic N) is 1. The van der Waals surface area contributed by atoms with E-state index >= 15 is 0 Å². The van der Waals surface area contributed by atoms with E-state index in [4.69, 9.17) is 0 Å². The second-order valence-electron chi connectivity index (χ2n) is 6.12. The number of aliphatic hydroxyl groups is 1. The molecule has 5 nitrogen and oxygen atoms in total. The van der Waals surface area contributed by atoms with Crippen molar-refractivity contribution in [2.75, 3.05) is 39.3 Å². The van der Waals surface area contributed by atoms with Crippen molar-refractivity contribution in [1.82, 2.24) is 15.1 Å². The molecule has 0 radical (unpaired) electrons. The molecule has 1 heterocycles. The van der Waals surface area contributed by atoms with Crippen molar-refractivity contribution >= 4 is 5.91 Å². The molecule has 2 atom stereocenters. The van der Waals surface area contributed by atoms with E-state index in [1.165, 1.54) is 12.8 Å². The number of hydrogen-bond acceptors (Lipinski definition) is 4. The number of carbonyl (C=O) groups excluding carboxylic acids is 1. The zero-order chi connectivity index (χ0) is 13.8. The SMILES string of the molecule is C[C@H](O)CN1CCN(CC(=O)N[C@@H](C)C2CC2)CC1. The van der Waals surface area contributed by atoms with Gasteiger partial charge >= 0.3 is 0 Å². The van der Waals surface area contributed by atoms with Gasteiger partial charge in [-0.15, -0.1) is 0 Å². The molecule has 1 saturated carbocycles. The van der Waals surface area contributed by atoms with Gasteiger partial charge in [0.05, 0.1) is 12.6 Å². The molecule has 110 valence electrons. The van der Waals surface area contributed by atoms with Crippen LogP contribution in [0.2, 0.25) is 0 Å². The third kappa shape index (κ3) is 5.09. The molecule has 2 rings (SSSR count). The van der Waals surface area contributed by atoms with Gasteiger partial charge in [0.25, 0.3) is 0 Å². The third-order valence-corrected chi connectivity index (χ3v) is 4.07. The molecule has 1 aliphatic carbocycles. The van der Waals surface area contributed by atoms with Crippen LogP contribution in [0.1, 0.15) is 26.7 Å². The van der Waals surface area contributed by atoms with Gasteiger partial charge in [0.2, 0.25) is 5.91 Å². The topological polar surface area (TPSA) is 55.8 Å². The molecule has 0 spiro atoms. The fourth-order valence-electron chi connectivity index (χ4n) is 2.72. The van der Waals surface area contributed by atoms with E-state index in [0.29, 0.717) is 18.5 Å². The lowest BCUT2D eigenvalue weighted by Crippen LogP contribution is -2.51. The highest BCUT2D eigenvalue weighted by Gasteiger charge is 2.29. The zero-order valence-electron chi connectivity index (χ0n) is 12.1. The Labute approximate surface area is 115 Å². The predicted molar refractivity (Wildman–Crippen MR) is 74.9 cm³/mol. The maximum atomic E-state index is 11.9. The summed E-state index contributed by atoms with van der Waals surface area (Å²) >= 11 is 0. The Morgan fingerprint density at radius 2 is 1.79 bits per heavy atom. The van der Waals surface area contributed by atoms with E-state index in [1.807, 2.05) is 6.92 Å². The van der Waals surface area contributed by atoms with Gasteiger partial charge in [-0.3, -0.25) is 14.6 Å². The van der Waals surface area contributed by atoms with E-state index in [0.717, 1.165) is 32.7 Å². The number of rotatable bonds is 6. The number of carbonyl (C=O) groups is 1. The van der Waals surface area contributed by atoms with Crippen molar-refractivity contribution in [2.24, 2.45) is 5.92 Å². The lowest BCUT2D eigenvalue weighted by atomic mass is 10.2. The quantitative estimate of drug-likeness (QED) is 0.707. The molecule has 0 unspecified atom stereocenters. The van der Waals surface area contributed by atoms with Gasteiger partial charge in [-0.2, -0.15) is 0 Å². The molecule has 1 saturated heterocycles. The smallest absolute Gasteiger partial charge is 0.234 e. The second kappa shape index (κ2) is 6.68. The van der Waals surface area contributed by atoms with E-state index in [1.54, 1.807) is 0 Å². The van der Waals surface area contributed by atoms with Crippen LogP contribution in [-0.4, -0.2) is 72.2 Å². The molecule has 1 amide bonds. The Morgan fingerprint density at radius 3 is 2.32 bits per heavy atom. The van der Waals surface area contributed by atoms with Crippen LogP contribution in [-0.2, 0) is 4.79 Å². The summed E-state index contributed by atoms with van der Waals surface area (Å²) in [6, 6.07) is 0.337. The van der Waals surface area contributed by atoms with Crippen LogP contribution in [0.25, 0.3) is 0 Å². The summed E-state index contributed by atoms with van der Waals surface area (Å²) in [4.78, 5) is 16.4. The summed E-state index contributed by atoms with van der Waals surface area (Å²) in [5.41, 5.74) is 0. The lowest BCUT2D eigenvalue weighted by molar-refractivity contribution is -0.123. The minimum atomic E-state index is -0.269. The van der Waals surface area contributed by atoms with Gasteiger partial charge in [0.1, 0.15) is 0 Å². The normalized spacial score (nSPS) is 25.0. The first-order valence-corrected chi connectivity index (χ1v) is 7.46. The maximum absolute atomic E-state index is 11.9. The first kappa shape index (κ1) is 14.8. The molecular weight excluding hydrogens is 242 g/mol. The maximum Gasteiger partial charge on any atom is 0.234 e. The van der Waals surface area contributed by atoms with Gasteiger partial charge in [0, 0.05) is 38.8 Å². The molecule has 0 aromatic rings. The molecule has 19 heavy (non-hydrogen) atoms. The summed E-state index contributed by atoms with van der Waals surface area (Å²) in [7, 11) is 0. The number of amides is 1. The highest BCUT2D eigenvalue weighted by atomic mass is 16.3. The minimum absolute atomic E-state index is 0.156. The predicted octanol–water partition coefficient (Wildman–Crippen LogP) is -0.100. The Bertz CT molecular complexity index is 297. The van der Waals surface area contributed by atoms with Gasteiger partial charge in [-0.1, -0.05) is 0 Å². The Hall–Kier alpha value is -0.650. The standard InChI is InChI=1S/C14H27N3O2/c1-11(18)9-16-5-7-17(8-6-16)10-14(19)15-12(2)13-3-4-13/h11-13,18H,3-10H2,1-2H3,(H,15,19)/t11-,12-/m0/s1. The van der Waals surface area contributed by atoms with E-state index in [9.17, 15) is 9.90 Å². The Kier molecular flexibility index (Phi) is 5.19. The molecular formula is C14H27N3O2. The highest BCUT2D eigenvalue weighted by Crippen LogP contribution is 2.32. The van der Waals surface area contributed by atoms with Gasteiger partial charge < -0.3 is 10.4 Å². The fourth-order valence-corrected chi connectivity index (χ4v) is 2.72. The zero-order valence-corrected chi connectivity index (χ0v) is 12.1. The molecule has 1 aliphatic heterocycles. The van der Waals surface area contributed by atoms with Crippen LogP contribution < -0.4 is 5.32 Å². The average Bonchev–Trinajstić information content (AvgIpc) is 3.14. The largest absolute Gasteiger partial charge is 0.392 e. The van der Waals surface area contributed by atoms with Gasteiger partial charge in [-0.25, -0.2) is 0 Å². The fraction of sp³-hybridized carbons (Fsp3) is 0.929. The van der Waals surface area contributed by atoms with Gasteiger partial charge in [0.15, 0.2) is 0 Å². The Morgan fingerprint density at radius 1 is 1.21 bits per heavy atom. The summed E-state index contributed by atoms with van der Waals surface area (Å²) in [6.45, 7) is 8.89. The first-order valence-electron chi connectivity index (χ1n) is 7.46. The van der Waals surface area contributed by atoms with Crippen LogP contribution >= 0.6 is 0 Å². The molecule has 2 aliphatic rings. The number of aliphatic hydroxyl groups excluding tert-OH is 1. The Balaban J connectivity index is 1.63. The molecule has 2 fully saturated rings. The van der Waals surface area contributed by atoms with Crippen molar-refractivity contribution in [1.29, 1.82) is 0 Å². The number of nitrogens with one attached hydrogen (secondary N) is 1. The van der Waals surface area contributed by atoms with Crippen molar-refractivity contribution in [2.45, 2.75) is 38.8 Å².